The molecule has 1 aliphatic heterocycles. The smallest absolute Gasteiger partial charge is 0.165 e. The maximum Gasteiger partial charge on any atom is 0.165 e. The summed E-state index contributed by atoms with van der Waals surface area (Å²) in [6.45, 7) is -0.0237. The van der Waals surface area contributed by atoms with Gasteiger partial charge < -0.3 is 14.9 Å². The molecule has 0 saturated carbocycles. The Balaban J connectivity index is 2.44. The molecule has 2 N–H and O–H groups in total. The van der Waals surface area contributed by atoms with E-state index in [0.717, 1.165) is 0 Å². The van der Waals surface area contributed by atoms with E-state index >= 15 is 0 Å². The Morgan fingerprint density at radius 3 is 2.77 bits per heavy atom. The van der Waals surface area contributed by atoms with Crippen LogP contribution in [0.25, 0.3) is 0 Å². The summed E-state index contributed by atoms with van der Waals surface area (Å²) in [5.74, 6) is -0.328. The predicted octanol–water partition coefficient (Wildman–Crippen LogP) is -1.02. The highest BCUT2D eigenvalue weighted by molar-refractivity contribution is 5.84. The number of aliphatic hydroxyl groups excluding tert-OH is 2. The molecule has 0 radical (unpaired) electrons. The number of ether oxygens (including phenoxy) is 1. The molecule has 72 valence electrons. The van der Waals surface area contributed by atoms with Crippen molar-refractivity contribution in [2.45, 2.75) is 31.2 Å². The van der Waals surface area contributed by atoms with E-state index in [1.165, 1.54) is 0 Å². The van der Waals surface area contributed by atoms with E-state index in [0.29, 0.717) is 0 Å². The van der Waals surface area contributed by atoms with Gasteiger partial charge in [-0.15, -0.1) is 0 Å². The van der Waals surface area contributed by atoms with E-state index in [-0.39, 0.29) is 25.2 Å². The Kier molecular flexibility index (Phi) is 3.37. The molecule has 13 heavy (non-hydrogen) atoms. The van der Waals surface area contributed by atoms with Crippen LogP contribution in [0, 0.1) is 11.3 Å². The predicted molar refractivity (Wildman–Crippen MR) is 41.6 cm³/mol. The molecule has 5 nitrogen and oxygen atoms in total. The molecule has 0 amide bonds. The zero-order valence-corrected chi connectivity index (χ0v) is 7.01. The molecule has 0 bridgehead atoms. The highest BCUT2D eigenvalue weighted by Gasteiger charge is 2.38. The van der Waals surface area contributed by atoms with Crippen LogP contribution in [0.5, 0.6) is 0 Å². The maximum atomic E-state index is 11.2. The summed E-state index contributed by atoms with van der Waals surface area (Å²) in [4.78, 5) is 11.2. The number of nitrogens with zero attached hydrogens (tertiary/aromatic N) is 1. The monoisotopic (exact) mass is 185 g/mol. The number of Topliss-reactive ketones (excluding diaryl/α,β-unsaturated/α-hetero) is 1. The number of hydrogen-bond donors (Lipinski definition) is 2. The first kappa shape index (κ1) is 10.1. The number of rotatable bonds is 3. The van der Waals surface area contributed by atoms with Crippen LogP contribution in [-0.4, -0.2) is 40.9 Å². The Morgan fingerprint density at radius 2 is 2.31 bits per heavy atom. The molecular formula is C8H11NO4. The standard InChI is InChI=1S/C8H11NO4/c9-3-1-2-5(10)8-7(12)6(11)4-13-8/h6-8,11-12H,1-2,4H2/t6-,7+,8-/m0/s1. The van der Waals surface area contributed by atoms with Crippen molar-refractivity contribution in [3.63, 3.8) is 0 Å². The summed E-state index contributed by atoms with van der Waals surface area (Å²) < 4.78 is 4.88. The molecule has 0 aromatic carbocycles. The van der Waals surface area contributed by atoms with Gasteiger partial charge in [-0.25, -0.2) is 0 Å². The number of ketones is 1. The third-order valence-electron chi connectivity index (χ3n) is 1.95. The highest BCUT2D eigenvalue weighted by atomic mass is 16.5. The number of carbonyl (C=O) groups excluding carboxylic acids is 1. The quantitative estimate of drug-likeness (QED) is 0.587. The van der Waals surface area contributed by atoms with E-state index < -0.39 is 18.3 Å². The number of aliphatic hydroxyl groups is 2. The molecule has 0 aliphatic carbocycles. The van der Waals surface area contributed by atoms with Crippen molar-refractivity contribution >= 4 is 5.78 Å². The van der Waals surface area contributed by atoms with Gasteiger partial charge in [-0.3, -0.25) is 4.79 Å². The second-order valence-electron chi connectivity index (χ2n) is 2.94. The first-order valence-corrected chi connectivity index (χ1v) is 4.04. The van der Waals surface area contributed by atoms with Crippen molar-refractivity contribution in [3.8, 4) is 6.07 Å². The Hall–Kier alpha value is -0.960. The van der Waals surface area contributed by atoms with Crippen LogP contribution in [0.2, 0.25) is 0 Å². The number of hydrogen-bond acceptors (Lipinski definition) is 5. The molecule has 0 aromatic rings. The lowest BCUT2D eigenvalue weighted by atomic mass is 10.0. The number of nitriles is 1. The Morgan fingerprint density at radius 1 is 1.62 bits per heavy atom. The minimum atomic E-state index is -1.15. The number of carbonyl (C=O) groups is 1. The lowest BCUT2D eigenvalue weighted by molar-refractivity contribution is -0.131. The van der Waals surface area contributed by atoms with Crippen molar-refractivity contribution in [2.24, 2.45) is 0 Å². The second-order valence-corrected chi connectivity index (χ2v) is 2.94. The van der Waals surface area contributed by atoms with Crippen LogP contribution in [0.4, 0.5) is 0 Å². The third-order valence-corrected chi connectivity index (χ3v) is 1.95. The van der Waals surface area contributed by atoms with Gasteiger partial charge in [-0.1, -0.05) is 0 Å². The summed E-state index contributed by atoms with van der Waals surface area (Å²) >= 11 is 0. The van der Waals surface area contributed by atoms with Crippen LogP contribution in [0.15, 0.2) is 0 Å². The van der Waals surface area contributed by atoms with Gasteiger partial charge in [0.15, 0.2) is 5.78 Å². The van der Waals surface area contributed by atoms with Crippen LogP contribution in [0.3, 0.4) is 0 Å². The first-order chi connectivity index (χ1) is 6.16. The van der Waals surface area contributed by atoms with Gasteiger partial charge in [0.25, 0.3) is 0 Å². The van der Waals surface area contributed by atoms with Crippen molar-refractivity contribution in [1.82, 2.24) is 0 Å². The molecule has 0 spiro atoms. The average molecular weight is 185 g/mol. The molecule has 1 aliphatic rings. The molecule has 1 rings (SSSR count). The molecule has 1 fully saturated rings. The highest BCUT2D eigenvalue weighted by Crippen LogP contribution is 2.16. The molecule has 1 heterocycles. The fraction of sp³-hybridized carbons (Fsp3) is 0.750. The van der Waals surface area contributed by atoms with E-state index in [4.69, 9.17) is 15.1 Å². The summed E-state index contributed by atoms with van der Waals surface area (Å²) in [5.41, 5.74) is 0. The van der Waals surface area contributed by atoms with Gasteiger partial charge in [-0.05, 0) is 0 Å². The molecular weight excluding hydrogens is 174 g/mol. The Bertz CT molecular complexity index is 235. The topological polar surface area (TPSA) is 90.6 Å². The minimum Gasteiger partial charge on any atom is -0.388 e. The molecule has 3 atom stereocenters. The summed E-state index contributed by atoms with van der Waals surface area (Å²) in [6.07, 6.45) is -2.92. The van der Waals surface area contributed by atoms with Gasteiger partial charge >= 0.3 is 0 Å². The normalized spacial score (nSPS) is 32.8. The van der Waals surface area contributed by atoms with Gasteiger partial charge in [0.1, 0.15) is 18.3 Å². The lowest BCUT2D eigenvalue weighted by Crippen LogP contribution is -2.35. The fourth-order valence-corrected chi connectivity index (χ4v) is 1.21. The molecule has 1 saturated heterocycles. The van der Waals surface area contributed by atoms with E-state index in [1.54, 1.807) is 0 Å². The molecule has 0 aromatic heterocycles. The SMILES string of the molecule is N#CCCC(=O)[C@@H]1OC[C@H](O)[C@H]1O. The Labute approximate surface area is 75.5 Å². The van der Waals surface area contributed by atoms with Crippen LogP contribution in [0.1, 0.15) is 12.8 Å². The van der Waals surface area contributed by atoms with Crippen LogP contribution >= 0.6 is 0 Å². The first-order valence-electron chi connectivity index (χ1n) is 4.04. The van der Waals surface area contributed by atoms with Crippen LogP contribution < -0.4 is 0 Å². The summed E-state index contributed by atoms with van der Waals surface area (Å²) in [5, 5.41) is 26.5. The summed E-state index contributed by atoms with van der Waals surface area (Å²) in [6, 6.07) is 1.83. The van der Waals surface area contributed by atoms with Gasteiger partial charge in [-0.2, -0.15) is 5.26 Å². The van der Waals surface area contributed by atoms with E-state index in [1.807, 2.05) is 6.07 Å². The minimum absolute atomic E-state index is 0.0237. The zero-order valence-electron chi connectivity index (χ0n) is 7.01. The third kappa shape index (κ3) is 2.25. The van der Waals surface area contributed by atoms with Crippen molar-refractivity contribution in [1.29, 1.82) is 5.26 Å². The van der Waals surface area contributed by atoms with Crippen molar-refractivity contribution < 1.29 is 19.7 Å². The maximum absolute atomic E-state index is 11.2. The van der Waals surface area contributed by atoms with Gasteiger partial charge in [0.05, 0.1) is 12.7 Å². The van der Waals surface area contributed by atoms with E-state index in [9.17, 15) is 9.90 Å². The summed E-state index contributed by atoms with van der Waals surface area (Å²) in [7, 11) is 0. The van der Waals surface area contributed by atoms with Crippen LogP contribution in [-0.2, 0) is 9.53 Å². The van der Waals surface area contributed by atoms with Crippen molar-refractivity contribution in [3.05, 3.63) is 0 Å². The average Bonchev–Trinajstić information content (AvgIpc) is 2.44. The molecule has 0 unspecified atom stereocenters. The van der Waals surface area contributed by atoms with Gasteiger partial charge in [0.2, 0.25) is 0 Å². The fourth-order valence-electron chi connectivity index (χ4n) is 1.21. The lowest BCUT2D eigenvalue weighted by Gasteiger charge is -2.12. The largest absolute Gasteiger partial charge is 0.388 e. The zero-order chi connectivity index (χ0) is 9.84. The van der Waals surface area contributed by atoms with E-state index in [2.05, 4.69) is 0 Å². The molecule has 5 heteroatoms. The van der Waals surface area contributed by atoms with Gasteiger partial charge in [0, 0.05) is 12.8 Å². The van der Waals surface area contributed by atoms with Crippen molar-refractivity contribution in [2.75, 3.05) is 6.61 Å². The second kappa shape index (κ2) is 4.33.